The molecule has 6 nitrogen and oxygen atoms in total. The van der Waals surface area contributed by atoms with Crippen LogP contribution in [0.1, 0.15) is 23.2 Å². The number of nitro benzene ring substituents is 1. The number of hydrogen-bond donors (Lipinski definition) is 2. The second kappa shape index (κ2) is 4.91. The molecule has 2 rings (SSSR count). The average Bonchev–Trinajstić information content (AvgIpc) is 2.26. The van der Waals surface area contributed by atoms with Gasteiger partial charge in [0.25, 0.3) is 11.6 Å². The molecule has 18 heavy (non-hydrogen) atoms. The standard InChI is InChI=1S/C11H12ClN3O3/c12-6-1-2-10(15(17)18)9(3-6)11(16)14-8-4-7(13)5-8/h1-3,7-8H,4-5,13H2,(H,14,16). The van der Waals surface area contributed by atoms with E-state index in [2.05, 4.69) is 5.32 Å². The minimum Gasteiger partial charge on any atom is -0.349 e. The number of benzene rings is 1. The van der Waals surface area contributed by atoms with Crippen molar-refractivity contribution >= 4 is 23.2 Å². The Bertz CT molecular complexity index is 500. The lowest BCUT2D eigenvalue weighted by Gasteiger charge is -2.32. The Hall–Kier alpha value is -1.66. The highest BCUT2D eigenvalue weighted by Crippen LogP contribution is 2.24. The molecule has 1 aliphatic rings. The number of nitrogens with zero attached hydrogens (tertiary/aromatic N) is 1. The van der Waals surface area contributed by atoms with Gasteiger partial charge in [0.2, 0.25) is 0 Å². The van der Waals surface area contributed by atoms with Crippen LogP contribution in [-0.4, -0.2) is 22.9 Å². The average molecular weight is 270 g/mol. The van der Waals surface area contributed by atoms with E-state index in [1.165, 1.54) is 18.2 Å². The van der Waals surface area contributed by atoms with Crippen molar-refractivity contribution in [1.29, 1.82) is 0 Å². The molecule has 1 amide bonds. The van der Waals surface area contributed by atoms with Crippen molar-refractivity contribution in [1.82, 2.24) is 5.32 Å². The van der Waals surface area contributed by atoms with Gasteiger partial charge in [-0.15, -0.1) is 0 Å². The van der Waals surface area contributed by atoms with Gasteiger partial charge in [-0.25, -0.2) is 0 Å². The third-order valence-electron chi connectivity index (χ3n) is 2.91. The van der Waals surface area contributed by atoms with E-state index in [-0.39, 0.29) is 28.4 Å². The fourth-order valence-electron chi connectivity index (χ4n) is 1.89. The summed E-state index contributed by atoms with van der Waals surface area (Å²) in [6.07, 6.45) is 1.39. The lowest BCUT2D eigenvalue weighted by Crippen LogP contribution is -2.50. The number of amides is 1. The number of nitro groups is 1. The van der Waals surface area contributed by atoms with Gasteiger partial charge in [0.1, 0.15) is 5.56 Å². The molecule has 0 saturated heterocycles. The maximum absolute atomic E-state index is 11.9. The van der Waals surface area contributed by atoms with Crippen LogP contribution in [0.2, 0.25) is 5.02 Å². The second-order valence-corrected chi connectivity index (χ2v) is 4.76. The Morgan fingerprint density at radius 2 is 2.17 bits per heavy atom. The van der Waals surface area contributed by atoms with Crippen molar-refractivity contribution in [3.8, 4) is 0 Å². The Labute approximate surface area is 108 Å². The molecule has 1 aromatic rings. The molecule has 1 fully saturated rings. The van der Waals surface area contributed by atoms with Crippen molar-refractivity contribution < 1.29 is 9.72 Å². The zero-order chi connectivity index (χ0) is 13.3. The van der Waals surface area contributed by atoms with Crippen LogP contribution in [0.15, 0.2) is 18.2 Å². The highest BCUT2D eigenvalue weighted by atomic mass is 35.5. The van der Waals surface area contributed by atoms with Gasteiger partial charge in [-0.2, -0.15) is 0 Å². The minimum atomic E-state index is -0.599. The molecule has 0 atom stereocenters. The van der Waals surface area contributed by atoms with E-state index in [0.717, 1.165) is 0 Å². The molecule has 96 valence electrons. The van der Waals surface area contributed by atoms with Crippen molar-refractivity contribution in [3.05, 3.63) is 38.9 Å². The molecule has 1 saturated carbocycles. The molecule has 7 heteroatoms. The lowest BCUT2D eigenvalue weighted by molar-refractivity contribution is -0.385. The quantitative estimate of drug-likeness (QED) is 0.641. The van der Waals surface area contributed by atoms with Crippen molar-refractivity contribution in [3.63, 3.8) is 0 Å². The number of nitrogens with one attached hydrogen (secondary N) is 1. The van der Waals surface area contributed by atoms with Crippen LogP contribution >= 0.6 is 11.6 Å². The molecular formula is C11H12ClN3O3. The van der Waals surface area contributed by atoms with Gasteiger partial charge in [-0.3, -0.25) is 14.9 Å². The number of rotatable bonds is 3. The Morgan fingerprint density at radius 3 is 2.72 bits per heavy atom. The van der Waals surface area contributed by atoms with Crippen LogP contribution in [0.3, 0.4) is 0 Å². The SMILES string of the molecule is NC1CC(NC(=O)c2cc(Cl)ccc2[N+](=O)[O-])C1. The summed E-state index contributed by atoms with van der Waals surface area (Å²) in [7, 11) is 0. The third-order valence-corrected chi connectivity index (χ3v) is 3.14. The maximum atomic E-state index is 11.9. The summed E-state index contributed by atoms with van der Waals surface area (Å²) >= 11 is 5.75. The number of carbonyl (C=O) groups excluding carboxylic acids is 1. The summed E-state index contributed by atoms with van der Waals surface area (Å²) in [6.45, 7) is 0. The molecule has 0 aliphatic heterocycles. The zero-order valence-corrected chi connectivity index (χ0v) is 10.2. The first kappa shape index (κ1) is 12.8. The van der Waals surface area contributed by atoms with Gasteiger partial charge < -0.3 is 11.1 Å². The van der Waals surface area contributed by atoms with Gasteiger partial charge >= 0.3 is 0 Å². The highest BCUT2D eigenvalue weighted by Gasteiger charge is 2.29. The lowest BCUT2D eigenvalue weighted by atomic mass is 9.87. The van der Waals surface area contributed by atoms with E-state index < -0.39 is 10.8 Å². The van der Waals surface area contributed by atoms with Gasteiger partial charge in [0, 0.05) is 23.2 Å². The van der Waals surface area contributed by atoms with Gasteiger partial charge in [0.15, 0.2) is 0 Å². The topological polar surface area (TPSA) is 98.3 Å². The molecule has 1 aliphatic carbocycles. The molecule has 0 bridgehead atoms. The monoisotopic (exact) mass is 269 g/mol. The predicted molar refractivity (Wildman–Crippen MR) is 66.6 cm³/mol. The van der Waals surface area contributed by atoms with Crippen molar-refractivity contribution in [2.75, 3.05) is 0 Å². The van der Waals surface area contributed by atoms with E-state index in [4.69, 9.17) is 17.3 Å². The predicted octanol–water partition coefficient (Wildman–Crippen LogP) is 1.47. The summed E-state index contributed by atoms with van der Waals surface area (Å²) < 4.78 is 0. The van der Waals surface area contributed by atoms with E-state index in [9.17, 15) is 14.9 Å². The summed E-state index contributed by atoms with van der Waals surface area (Å²) in [4.78, 5) is 22.1. The van der Waals surface area contributed by atoms with Crippen LogP contribution in [0, 0.1) is 10.1 Å². The van der Waals surface area contributed by atoms with Crippen molar-refractivity contribution in [2.24, 2.45) is 5.73 Å². The molecule has 0 unspecified atom stereocenters. The number of carbonyl (C=O) groups is 1. The summed E-state index contributed by atoms with van der Waals surface area (Å²) in [5.74, 6) is -0.485. The molecule has 0 spiro atoms. The molecule has 3 N–H and O–H groups in total. The highest BCUT2D eigenvalue weighted by molar-refractivity contribution is 6.31. The fraction of sp³-hybridized carbons (Fsp3) is 0.364. The largest absolute Gasteiger partial charge is 0.349 e. The van der Waals surface area contributed by atoms with Gasteiger partial charge in [0.05, 0.1) is 4.92 Å². The minimum absolute atomic E-state index is 0.00825. The maximum Gasteiger partial charge on any atom is 0.282 e. The van der Waals surface area contributed by atoms with E-state index >= 15 is 0 Å². The van der Waals surface area contributed by atoms with Crippen LogP contribution in [0.4, 0.5) is 5.69 Å². The van der Waals surface area contributed by atoms with Crippen LogP contribution in [0.25, 0.3) is 0 Å². The van der Waals surface area contributed by atoms with E-state index in [1.54, 1.807) is 0 Å². The Kier molecular flexibility index (Phi) is 3.49. The van der Waals surface area contributed by atoms with Crippen LogP contribution in [-0.2, 0) is 0 Å². The summed E-state index contributed by atoms with van der Waals surface area (Å²) in [5.41, 5.74) is 5.33. The Morgan fingerprint density at radius 1 is 1.50 bits per heavy atom. The third kappa shape index (κ3) is 2.60. The second-order valence-electron chi connectivity index (χ2n) is 4.32. The summed E-state index contributed by atoms with van der Waals surface area (Å²) in [6, 6.07) is 4.00. The Balaban J connectivity index is 2.18. The van der Waals surface area contributed by atoms with Crippen LogP contribution < -0.4 is 11.1 Å². The van der Waals surface area contributed by atoms with Gasteiger partial charge in [-0.1, -0.05) is 11.6 Å². The molecular weight excluding hydrogens is 258 g/mol. The number of nitrogens with two attached hydrogens (primary N) is 1. The number of halogens is 1. The van der Waals surface area contributed by atoms with E-state index in [0.29, 0.717) is 12.8 Å². The fourth-order valence-corrected chi connectivity index (χ4v) is 2.06. The van der Waals surface area contributed by atoms with Gasteiger partial charge in [-0.05, 0) is 25.0 Å². The first-order valence-corrected chi connectivity index (χ1v) is 5.85. The normalized spacial score (nSPS) is 22.1. The van der Waals surface area contributed by atoms with Crippen molar-refractivity contribution in [2.45, 2.75) is 24.9 Å². The smallest absolute Gasteiger partial charge is 0.282 e. The van der Waals surface area contributed by atoms with E-state index in [1.807, 2.05) is 0 Å². The zero-order valence-electron chi connectivity index (χ0n) is 9.43. The first-order chi connectivity index (χ1) is 8.47. The molecule has 1 aromatic carbocycles. The first-order valence-electron chi connectivity index (χ1n) is 5.47. The molecule has 0 aromatic heterocycles. The molecule has 0 radical (unpaired) electrons. The van der Waals surface area contributed by atoms with Crippen LogP contribution in [0.5, 0.6) is 0 Å². The molecule has 0 heterocycles. The number of hydrogen-bond acceptors (Lipinski definition) is 4. The summed E-state index contributed by atoms with van der Waals surface area (Å²) in [5, 5.41) is 13.8.